The van der Waals surface area contributed by atoms with Crippen molar-refractivity contribution in [2.24, 2.45) is 0 Å². The zero-order valence-electron chi connectivity index (χ0n) is 7.41. The molecule has 0 atom stereocenters. The molecule has 4 nitrogen and oxygen atoms in total. The average molecular weight is 220 g/mol. The Morgan fingerprint density at radius 2 is 2.00 bits per heavy atom. The summed E-state index contributed by atoms with van der Waals surface area (Å²) in [5.41, 5.74) is 4.31. The van der Waals surface area contributed by atoms with Crippen molar-refractivity contribution in [1.29, 1.82) is 0 Å². The van der Waals surface area contributed by atoms with Gasteiger partial charge in [-0.05, 0) is 12.1 Å². The van der Waals surface area contributed by atoms with Crippen LogP contribution >= 0.6 is 0 Å². The highest BCUT2D eigenvalue weighted by molar-refractivity contribution is 5.52. The Morgan fingerprint density at radius 1 is 1.40 bits per heavy atom. The van der Waals surface area contributed by atoms with Crippen LogP contribution in [0.3, 0.4) is 0 Å². The van der Waals surface area contributed by atoms with Crippen molar-refractivity contribution in [3.63, 3.8) is 0 Å². The second kappa shape index (κ2) is 3.76. The third kappa shape index (κ3) is 3.12. The summed E-state index contributed by atoms with van der Waals surface area (Å²) in [7, 11) is 0. The first-order valence-corrected chi connectivity index (χ1v) is 3.89. The summed E-state index contributed by atoms with van der Waals surface area (Å²) in [6, 6.07) is 3.14. The third-order valence-corrected chi connectivity index (χ3v) is 1.70. The van der Waals surface area contributed by atoms with Crippen molar-refractivity contribution >= 4 is 11.4 Å². The van der Waals surface area contributed by atoms with Gasteiger partial charge in [0, 0.05) is 17.3 Å². The maximum absolute atomic E-state index is 12.0. The number of nitrogens with two attached hydrogens (primary N) is 1. The fourth-order valence-electron chi connectivity index (χ4n) is 1.12. The molecule has 15 heavy (non-hydrogen) atoms. The van der Waals surface area contributed by atoms with E-state index in [4.69, 9.17) is 5.73 Å². The molecule has 0 amide bonds. The van der Waals surface area contributed by atoms with Crippen molar-refractivity contribution in [3.05, 3.63) is 33.9 Å². The number of halogens is 3. The molecule has 0 spiro atoms. The monoisotopic (exact) mass is 220 g/mol. The lowest BCUT2D eigenvalue weighted by Gasteiger charge is -2.07. The minimum Gasteiger partial charge on any atom is -0.399 e. The number of hydrogen-bond donors (Lipinski definition) is 1. The van der Waals surface area contributed by atoms with Gasteiger partial charge in [0.25, 0.3) is 5.69 Å². The van der Waals surface area contributed by atoms with Crippen molar-refractivity contribution in [1.82, 2.24) is 0 Å². The number of benzene rings is 1. The minimum atomic E-state index is -4.47. The Labute approximate surface area is 82.7 Å². The van der Waals surface area contributed by atoms with E-state index in [2.05, 4.69) is 0 Å². The molecule has 0 radical (unpaired) electrons. The zero-order valence-corrected chi connectivity index (χ0v) is 7.41. The molecule has 2 N–H and O–H groups in total. The molecule has 0 aliphatic heterocycles. The van der Waals surface area contributed by atoms with Gasteiger partial charge in [-0.2, -0.15) is 13.2 Å². The van der Waals surface area contributed by atoms with Gasteiger partial charge in [0.2, 0.25) is 0 Å². The minimum absolute atomic E-state index is 0.0626. The van der Waals surface area contributed by atoms with E-state index in [0.717, 1.165) is 12.1 Å². The first-order chi connectivity index (χ1) is 6.79. The summed E-state index contributed by atoms with van der Waals surface area (Å²) >= 11 is 0. The Hall–Kier alpha value is -1.79. The van der Waals surface area contributed by atoms with Gasteiger partial charge in [0.05, 0.1) is 11.3 Å². The van der Waals surface area contributed by atoms with E-state index in [1.807, 2.05) is 0 Å². The second-order valence-electron chi connectivity index (χ2n) is 2.94. The molecule has 1 aromatic carbocycles. The first-order valence-electron chi connectivity index (χ1n) is 3.89. The Morgan fingerprint density at radius 3 is 2.47 bits per heavy atom. The van der Waals surface area contributed by atoms with Gasteiger partial charge < -0.3 is 5.73 Å². The summed E-state index contributed by atoms with van der Waals surface area (Å²) in [6.45, 7) is 0. The zero-order chi connectivity index (χ0) is 11.6. The van der Waals surface area contributed by atoms with Crippen LogP contribution in [-0.2, 0) is 6.42 Å². The van der Waals surface area contributed by atoms with Crippen LogP contribution in [0.1, 0.15) is 5.56 Å². The van der Waals surface area contributed by atoms with E-state index in [1.54, 1.807) is 0 Å². The standard InChI is InChI=1S/C8H7F3N2O2/c9-8(10,11)4-5-1-2-6(12)3-7(5)13(14)15/h1-3H,4,12H2. The maximum Gasteiger partial charge on any atom is 0.393 e. The quantitative estimate of drug-likeness (QED) is 0.472. The van der Waals surface area contributed by atoms with Gasteiger partial charge in [-0.1, -0.05) is 0 Å². The number of alkyl halides is 3. The van der Waals surface area contributed by atoms with Gasteiger partial charge in [-0.15, -0.1) is 0 Å². The fraction of sp³-hybridized carbons (Fsp3) is 0.250. The smallest absolute Gasteiger partial charge is 0.393 e. The van der Waals surface area contributed by atoms with Crippen LogP contribution < -0.4 is 5.73 Å². The van der Waals surface area contributed by atoms with Crippen molar-refractivity contribution in [2.75, 3.05) is 5.73 Å². The van der Waals surface area contributed by atoms with E-state index in [1.165, 1.54) is 6.07 Å². The van der Waals surface area contributed by atoms with Gasteiger partial charge in [-0.3, -0.25) is 10.1 Å². The number of rotatable bonds is 2. The number of nitrogens with zero attached hydrogens (tertiary/aromatic N) is 1. The highest BCUT2D eigenvalue weighted by Gasteiger charge is 2.31. The van der Waals surface area contributed by atoms with Crippen LogP contribution in [0.25, 0.3) is 0 Å². The summed E-state index contributed by atoms with van der Waals surface area (Å²) in [5.74, 6) is 0. The van der Waals surface area contributed by atoms with E-state index < -0.39 is 23.2 Å². The largest absolute Gasteiger partial charge is 0.399 e. The average Bonchev–Trinajstić information content (AvgIpc) is 2.05. The molecule has 0 saturated heterocycles. The number of nitro groups is 1. The molecule has 0 unspecified atom stereocenters. The predicted octanol–water partition coefficient (Wildman–Crippen LogP) is 2.28. The molecule has 0 heterocycles. The van der Waals surface area contributed by atoms with Crippen LogP contribution in [0, 0.1) is 10.1 Å². The summed E-state index contributed by atoms with van der Waals surface area (Å²) in [4.78, 5) is 9.56. The predicted molar refractivity (Wildman–Crippen MR) is 47.3 cm³/mol. The number of nitro benzene ring substituents is 1. The summed E-state index contributed by atoms with van der Waals surface area (Å²) in [5, 5.41) is 10.4. The fourth-order valence-corrected chi connectivity index (χ4v) is 1.12. The molecule has 7 heteroatoms. The molecular weight excluding hydrogens is 213 g/mol. The van der Waals surface area contributed by atoms with Crippen molar-refractivity contribution in [3.8, 4) is 0 Å². The highest BCUT2D eigenvalue weighted by atomic mass is 19.4. The summed E-state index contributed by atoms with van der Waals surface area (Å²) in [6.07, 6.45) is -5.80. The van der Waals surface area contributed by atoms with E-state index in [9.17, 15) is 23.3 Å². The van der Waals surface area contributed by atoms with Crippen molar-refractivity contribution < 1.29 is 18.1 Å². The molecule has 0 aliphatic rings. The van der Waals surface area contributed by atoms with Crippen LogP contribution in [0.4, 0.5) is 24.5 Å². The molecule has 1 rings (SSSR count). The molecular formula is C8H7F3N2O2. The Bertz CT molecular complexity index is 390. The van der Waals surface area contributed by atoms with Crippen LogP contribution in [0.15, 0.2) is 18.2 Å². The molecule has 0 saturated carbocycles. The lowest BCUT2D eigenvalue weighted by atomic mass is 10.1. The van der Waals surface area contributed by atoms with Gasteiger partial charge in [0.15, 0.2) is 0 Å². The summed E-state index contributed by atoms with van der Waals surface area (Å²) < 4.78 is 36.1. The molecule has 0 bridgehead atoms. The number of nitrogen functional groups attached to an aromatic ring is 1. The van der Waals surface area contributed by atoms with E-state index in [0.29, 0.717) is 0 Å². The molecule has 82 valence electrons. The Balaban J connectivity index is 3.12. The van der Waals surface area contributed by atoms with Crippen molar-refractivity contribution in [2.45, 2.75) is 12.6 Å². The normalized spacial score (nSPS) is 11.4. The van der Waals surface area contributed by atoms with Gasteiger partial charge in [-0.25, -0.2) is 0 Å². The third-order valence-electron chi connectivity index (χ3n) is 1.70. The van der Waals surface area contributed by atoms with Gasteiger partial charge >= 0.3 is 6.18 Å². The molecule has 0 aliphatic carbocycles. The van der Waals surface area contributed by atoms with Crippen LogP contribution in [0.5, 0.6) is 0 Å². The first kappa shape index (κ1) is 11.3. The van der Waals surface area contributed by atoms with E-state index in [-0.39, 0.29) is 11.3 Å². The van der Waals surface area contributed by atoms with Crippen LogP contribution in [0.2, 0.25) is 0 Å². The van der Waals surface area contributed by atoms with Gasteiger partial charge in [0.1, 0.15) is 0 Å². The number of anilines is 1. The molecule has 0 fully saturated rings. The second-order valence-corrected chi connectivity index (χ2v) is 2.94. The lowest BCUT2D eigenvalue weighted by molar-refractivity contribution is -0.385. The lowest BCUT2D eigenvalue weighted by Crippen LogP contribution is -2.13. The Kier molecular flexibility index (Phi) is 2.83. The highest BCUT2D eigenvalue weighted by Crippen LogP contribution is 2.28. The molecule has 1 aromatic rings. The van der Waals surface area contributed by atoms with Crippen LogP contribution in [-0.4, -0.2) is 11.1 Å². The maximum atomic E-state index is 12.0. The topological polar surface area (TPSA) is 69.2 Å². The number of hydrogen-bond acceptors (Lipinski definition) is 3. The SMILES string of the molecule is Nc1ccc(CC(F)(F)F)c([N+](=O)[O-])c1. The molecule has 0 aromatic heterocycles. The van der Waals surface area contributed by atoms with E-state index >= 15 is 0 Å².